The van der Waals surface area contributed by atoms with Gasteiger partial charge in [-0.15, -0.1) is 0 Å². The van der Waals surface area contributed by atoms with E-state index in [2.05, 4.69) is 16.7 Å². The summed E-state index contributed by atoms with van der Waals surface area (Å²) in [7, 11) is 0. The molecule has 0 radical (unpaired) electrons. The van der Waals surface area contributed by atoms with Gasteiger partial charge in [-0.05, 0) is 62.8 Å². The first kappa shape index (κ1) is 17.5. The number of carbonyl (C=O) groups is 2. The Kier molecular flexibility index (Phi) is 6.66. The molecule has 2 rings (SSSR count). The van der Waals surface area contributed by atoms with Crippen LogP contribution in [-0.4, -0.2) is 18.4 Å². The summed E-state index contributed by atoms with van der Waals surface area (Å²) >= 11 is 5.88. The number of halogens is 1. The Bertz CT molecular complexity index is 611. The molecule has 0 fully saturated rings. The molecular weight excluding hydrogens is 312 g/mol. The van der Waals surface area contributed by atoms with E-state index >= 15 is 0 Å². The molecule has 0 saturated heterocycles. The van der Waals surface area contributed by atoms with Crippen LogP contribution in [0.3, 0.4) is 0 Å². The lowest BCUT2D eigenvalue weighted by molar-refractivity contribution is -0.126. The van der Waals surface area contributed by atoms with Gasteiger partial charge in [0.25, 0.3) is 0 Å². The molecule has 0 unspecified atom stereocenters. The second-order valence-electron chi connectivity index (χ2n) is 5.89. The molecule has 0 aliphatic heterocycles. The molecule has 0 bridgehead atoms. The number of benzene rings is 1. The Morgan fingerprint density at radius 3 is 2.74 bits per heavy atom. The van der Waals surface area contributed by atoms with Crippen LogP contribution in [0.15, 0.2) is 29.8 Å². The van der Waals surface area contributed by atoms with Crippen LogP contribution in [0.4, 0.5) is 5.69 Å². The van der Waals surface area contributed by atoms with E-state index in [1.54, 1.807) is 18.2 Å². The van der Waals surface area contributed by atoms with Crippen molar-refractivity contribution in [2.45, 2.75) is 45.4 Å². The molecule has 0 atom stereocenters. The van der Waals surface area contributed by atoms with Crippen molar-refractivity contribution in [1.82, 2.24) is 5.32 Å². The maximum Gasteiger partial charge on any atom is 0.233 e. The van der Waals surface area contributed by atoms with Crippen molar-refractivity contribution in [3.63, 3.8) is 0 Å². The van der Waals surface area contributed by atoms with Crippen molar-refractivity contribution in [3.8, 4) is 0 Å². The van der Waals surface area contributed by atoms with E-state index < -0.39 is 0 Å². The lowest BCUT2D eigenvalue weighted by Crippen LogP contribution is -2.29. The minimum atomic E-state index is -0.315. The van der Waals surface area contributed by atoms with Gasteiger partial charge < -0.3 is 10.6 Å². The first-order valence-electron chi connectivity index (χ1n) is 8.05. The number of nitrogens with one attached hydrogen (secondary N) is 2. The quantitative estimate of drug-likeness (QED) is 0.610. The van der Waals surface area contributed by atoms with E-state index in [4.69, 9.17) is 11.6 Å². The monoisotopic (exact) mass is 334 g/mol. The first-order valence-corrected chi connectivity index (χ1v) is 8.43. The van der Waals surface area contributed by atoms with Crippen LogP contribution >= 0.6 is 11.6 Å². The Hall–Kier alpha value is -1.81. The molecule has 2 amide bonds. The summed E-state index contributed by atoms with van der Waals surface area (Å²) in [5.74, 6) is -0.560. The minimum absolute atomic E-state index is 0.166. The van der Waals surface area contributed by atoms with Gasteiger partial charge in [0.05, 0.1) is 0 Å². The SMILES string of the molecule is Cc1cc(Cl)ccc1NC(=O)CC(=O)NCCC1=CCCCC1. The van der Waals surface area contributed by atoms with Crippen molar-refractivity contribution in [2.24, 2.45) is 0 Å². The number of rotatable bonds is 6. The Morgan fingerprint density at radius 1 is 1.22 bits per heavy atom. The van der Waals surface area contributed by atoms with Crippen LogP contribution in [0.2, 0.25) is 5.02 Å². The molecule has 0 saturated carbocycles. The van der Waals surface area contributed by atoms with Crippen molar-refractivity contribution >= 4 is 29.1 Å². The van der Waals surface area contributed by atoms with E-state index in [0.717, 1.165) is 24.8 Å². The molecule has 23 heavy (non-hydrogen) atoms. The van der Waals surface area contributed by atoms with Crippen molar-refractivity contribution < 1.29 is 9.59 Å². The Morgan fingerprint density at radius 2 is 2.04 bits per heavy atom. The fourth-order valence-corrected chi connectivity index (χ4v) is 2.89. The fourth-order valence-electron chi connectivity index (χ4n) is 2.66. The molecule has 1 aliphatic carbocycles. The largest absolute Gasteiger partial charge is 0.355 e. The average molecular weight is 335 g/mol. The van der Waals surface area contributed by atoms with Crippen LogP contribution in [0.25, 0.3) is 0 Å². The summed E-state index contributed by atoms with van der Waals surface area (Å²) in [6.07, 6.45) is 7.76. The number of allylic oxidation sites excluding steroid dienone is 1. The van der Waals surface area contributed by atoms with E-state index in [9.17, 15) is 9.59 Å². The van der Waals surface area contributed by atoms with E-state index in [1.807, 2.05) is 6.92 Å². The fraction of sp³-hybridized carbons (Fsp3) is 0.444. The average Bonchev–Trinajstić information content (AvgIpc) is 2.51. The summed E-state index contributed by atoms with van der Waals surface area (Å²) in [4.78, 5) is 23.7. The van der Waals surface area contributed by atoms with Crippen molar-refractivity contribution in [2.75, 3.05) is 11.9 Å². The summed E-state index contributed by atoms with van der Waals surface area (Å²) in [5.41, 5.74) is 2.97. The minimum Gasteiger partial charge on any atom is -0.355 e. The molecular formula is C18H23ClN2O2. The number of carbonyl (C=O) groups excluding carboxylic acids is 2. The number of amides is 2. The van der Waals surface area contributed by atoms with Crippen LogP contribution in [0, 0.1) is 6.92 Å². The van der Waals surface area contributed by atoms with Crippen LogP contribution < -0.4 is 10.6 Å². The lowest BCUT2D eigenvalue weighted by atomic mass is 9.97. The van der Waals surface area contributed by atoms with Gasteiger partial charge in [0.2, 0.25) is 11.8 Å². The van der Waals surface area contributed by atoms with Gasteiger partial charge in [-0.3, -0.25) is 9.59 Å². The van der Waals surface area contributed by atoms with E-state index in [1.165, 1.54) is 18.4 Å². The van der Waals surface area contributed by atoms with Gasteiger partial charge in [0, 0.05) is 17.3 Å². The highest BCUT2D eigenvalue weighted by molar-refractivity contribution is 6.30. The van der Waals surface area contributed by atoms with Gasteiger partial charge in [-0.1, -0.05) is 23.3 Å². The maximum absolute atomic E-state index is 11.9. The molecule has 1 aliphatic rings. The summed E-state index contributed by atoms with van der Waals surface area (Å²) in [6.45, 7) is 2.46. The third-order valence-corrected chi connectivity index (χ3v) is 4.17. The highest BCUT2D eigenvalue weighted by atomic mass is 35.5. The topological polar surface area (TPSA) is 58.2 Å². The third-order valence-electron chi connectivity index (χ3n) is 3.94. The van der Waals surface area contributed by atoms with Crippen LogP contribution in [0.1, 0.15) is 44.1 Å². The number of aryl methyl sites for hydroxylation is 1. The Balaban J connectivity index is 1.71. The zero-order valence-corrected chi connectivity index (χ0v) is 14.2. The number of hydrogen-bond donors (Lipinski definition) is 2. The van der Waals surface area contributed by atoms with E-state index in [0.29, 0.717) is 17.3 Å². The molecule has 0 spiro atoms. The zero-order valence-electron chi connectivity index (χ0n) is 13.5. The number of hydrogen-bond acceptors (Lipinski definition) is 2. The lowest BCUT2D eigenvalue weighted by Gasteiger charge is -2.13. The predicted molar refractivity (Wildman–Crippen MR) is 93.6 cm³/mol. The molecule has 0 heterocycles. The summed E-state index contributed by atoms with van der Waals surface area (Å²) < 4.78 is 0. The van der Waals surface area contributed by atoms with Crippen molar-refractivity contribution in [1.29, 1.82) is 0 Å². The molecule has 5 heteroatoms. The zero-order chi connectivity index (χ0) is 16.7. The van der Waals surface area contributed by atoms with Gasteiger partial charge >= 0.3 is 0 Å². The third kappa shape index (κ3) is 6.06. The Labute approximate surface area is 142 Å². The smallest absolute Gasteiger partial charge is 0.233 e. The first-order chi connectivity index (χ1) is 11.0. The summed E-state index contributed by atoms with van der Waals surface area (Å²) in [6, 6.07) is 5.22. The van der Waals surface area contributed by atoms with Crippen LogP contribution in [-0.2, 0) is 9.59 Å². The normalized spacial score (nSPS) is 14.1. The second-order valence-corrected chi connectivity index (χ2v) is 6.33. The van der Waals surface area contributed by atoms with Gasteiger partial charge in [0.1, 0.15) is 6.42 Å². The molecule has 1 aromatic carbocycles. The molecule has 1 aromatic rings. The van der Waals surface area contributed by atoms with Crippen LogP contribution in [0.5, 0.6) is 0 Å². The van der Waals surface area contributed by atoms with Gasteiger partial charge in [-0.2, -0.15) is 0 Å². The predicted octanol–water partition coefficient (Wildman–Crippen LogP) is 3.98. The highest BCUT2D eigenvalue weighted by Gasteiger charge is 2.11. The molecule has 124 valence electrons. The van der Waals surface area contributed by atoms with Crippen molar-refractivity contribution in [3.05, 3.63) is 40.4 Å². The molecule has 0 aromatic heterocycles. The standard InChI is InChI=1S/C18H23ClN2O2/c1-13-11-15(19)7-8-16(13)21-18(23)12-17(22)20-10-9-14-5-3-2-4-6-14/h5,7-8,11H,2-4,6,9-10,12H2,1H3,(H,20,22)(H,21,23). The van der Waals surface area contributed by atoms with E-state index in [-0.39, 0.29) is 18.2 Å². The molecule has 4 nitrogen and oxygen atoms in total. The summed E-state index contributed by atoms with van der Waals surface area (Å²) in [5, 5.41) is 6.17. The van der Waals surface area contributed by atoms with Gasteiger partial charge in [-0.25, -0.2) is 0 Å². The van der Waals surface area contributed by atoms with Gasteiger partial charge in [0.15, 0.2) is 0 Å². The molecule has 2 N–H and O–H groups in total. The second kappa shape index (κ2) is 8.73. The highest BCUT2D eigenvalue weighted by Crippen LogP contribution is 2.20. The maximum atomic E-state index is 11.9. The number of anilines is 1.